The topological polar surface area (TPSA) is 36.4 Å². The number of nitrogens with zero attached hydrogens (tertiary/aromatic N) is 2. The zero-order valence-corrected chi connectivity index (χ0v) is 8.72. The van der Waals surface area contributed by atoms with Crippen LogP contribution in [0, 0.1) is 24.7 Å². The van der Waals surface area contributed by atoms with Crippen molar-refractivity contribution in [1.29, 1.82) is 0 Å². The Balaban J connectivity index is 1.68. The van der Waals surface area contributed by atoms with Crippen molar-refractivity contribution in [3.8, 4) is 0 Å². The Kier molecular flexibility index (Phi) is 1.27. The van der Waals surface area contributed by atoms with E-state index in [1.165, 1.54) is 6.54 Å². The van der Waals surface area contributed by atoms with Gasteiger partial charge in [-0.15, -0.1) is 0 Å². The average Bonchev–Trinajstić information content (AvgIpc) is 3.05. The maximum atomic E-state index is 9.09. The van der Waals surface area contributed by atoms with Crippen molar-refractivity contribution < 1.29 is 5.11 Å². The molecule has 2 atom stereocenters. The molecule has 2 bridgehead atoms. The van der Waals surface area contributed by atoms with Crippen LogP contribution in [0.2, 0.25) is 0 Å². The van der Waals surface area contributed by atoms with Gasteiger partial charge >= 0.3 is 0 Å². The minimum absolute atomic E-state index is 0.0937. The Bertz CT molecular complexity index is 428. The number of hydrogen-bond donors (Lipinski definition) is 1. The number of piperidine rings is 1. The molecule has 2 saturated heterocycles. The highest BCUT2D eigenvalue weighted by molar-refractivity contribution is 5.54. The lowest BCUT2D eigenvalue weighted by Crippen LogP contribution is -2.21. The molecular formula is C12H14N2O. The second-order valence-electron chi connectivity index (χ2n) is 5.03. The molecule has 0 amide bonds. The molecule has 1 aromatic rings. The number of hydrogen-bond acceptors (Lipinski definition) is 3. The van der Waals surface area contributed by atoms with Crippen LogP contribution in [0.3, 0.4) is 0 Å². The molecule has 4 aliphatic rings. The van der Waals surface area contributed by atoms with Gasteiger partial charge < -0.3 is 10.0 Å². The van der Waals surface area contributed by atoms with Crippen LogP contribution in [-0.4, -0.2) is 22.7 Å². The van der Waals surface area contributed by atoms with E-state index < -0.39 is 0 Å². The molecule has 0 spiro atoms. The normalized spacial score (nSPS) is 39.2. The third-order valence-corrected chi connectivity index (χ3v) is 4.35. The van der Waals surface area contributed by atoms with E-state index in [1.807, 2.05) is 13.0 Å². The number of anilines is 1. The number of aliphatic hydroxyl groups is 1. The highest BCUT2D eigenvalue weighted by Crippen LogP contribution is 2.75. The summed E-state index contributed by atoms with van der Waals surface area (Å²) in [5.74, 6) is 4.14. The molecule has 15 heavy (non-hydrogen) atoms. The number of aliphatic hydroxyl groups excluding tert-OH is 1. The number of fused-ring (bicyclic) bond motifs is 1. The van der Waals surface area contributed by atoms with Crippen LogP contribution < -0.4 is 4.90 Å². The first-order valence-electron chi connectivity index (χ1n) is 5.65. The summed E-state index contributed by atoms with van der Waals surface area (Å²) < 4.78 is 0. The molecule has 1 N–H and O–H groups in total. The predicted molar refractivity (Wildman–Crippen MR) is 56.5 cm³/mol. The van der Waals surface area contributed by atoms with Crippen molar-refractivity contribution in [1.82, 2.24) is 4.98 Å². The summed E-state index contributed by atoms with van der Waals surface area (Å²) >= 11 is 0. The van der Waals surface area contributed by atoms with E-state index in [0.717, 1.165) is 40.9 Å². The lowest BCUT2D eigenvalue weighted by molar-refractivity contribution is 0.280. The molecule has 5 rings (SSSR count). The first-order chi connectivity index (χ1) is 7.31. The van der Waals surface area contributed by atoms with Gasteiger partial charge in [0.25, 0.3) is 0 Å². The van der Waals surface area contributed by atoms with Gasteiger partial charge in [-0.05, 0) is 36.3 Å². The van der Waals surface area contributed by atoms with Crippen molar-refractivity contribution in [3.05, 3.63) is 23.4 Å². The lowest BCUT2D eigenvalue weighted by Gasteiger charge is -2.18. The van der Waals surface area contributed by atoms with E-state index in [-0.39, 0.29) is 6.61 Å². The maximum Gasteiger partial charge on any atom is 0.129 e. The lowest BCUT2D eigenvalue weighted by atomic mass is 10.2. The minimum atomic E-state index is 0.0937. The maximum absolute atomic E-state index is 9.09. The van der Waals surface area contributed by atoms with Crippen LogP contribution in [0.4, 0.5) is 5.82 Å². The van der Waals surface area contributed by atoms with Crippen LogP contribution >= 0.6 is 0 Å². The Morgan fingerprint density at radius 3 is 2.80 bits per heavy atom. The third-order valence-electron chi connectivity index (χ3n) is 4.35. The van der Waals surface area contributed by atoms with E-state index in [1.54, 1.807) is 0 Å². The summed E-state index contributed by atoms with van der Waals surface area (Å²) in [6.45, 7) is 3.28. The molecule has 2 saturated carbocycles. The summed E-state index contributed by atoms with van der Waals surface area (Å²) in [5, 5.41) is 9.09. The Labute approximate surface area is 88.7 Å². The van der Waals surface area contributed by atoms with Crippen LogP contribution in [0.5, 0.6) is 0 Å². The van der Waals surface area contributed by atoms with Crippen LogP contribution in [0.15, 0.2) is 12.1 Å². The standard InChI is InChI=1S/C12H14N2O/c1-6-7(5-15)2-3-9(13-6)14-4-8-10-11(8)12(10)14/h2-3,8,10-12,15H,4-5H2,1H3. The van der Waals surface area contributed by atoms with E-state index >= 15 is 0 Å². The summed E-state index contributed by atoms with van der Waals surface area (Å²) in [7, 11) is 0. The van der Waals surface area contributed by atoms with Crippen molar-refractivity contribution in [2.75, 3.05) is 11.4 Å². The quantitative estimate of drug-likeness (QED) is 0.775. The summed E-state index contributed by atoms with van der Waals surface area (Å²) in [6, 6.07) is 4.88. The zero-order valence-electron chi connectivity index (χ0n) is 8.72. The van der Waals surface area contributed by atoms with Gasteiger partial charge in [0.1, 0.15) is 5.82 Å². The Hall–Kier alpha value is -1.09. The second kappa shape index (κ2) is 2.35. The summed E-state index contributed by atoms with van der Waals surface area (Å²) in [6.07, 6.45) is 0. The number of aryl methyl sites for hydroxylation is 1. The van der Waals surface area contributed by atoms with Crippen LogP contribution in [0.25, 0.3) is 0 Å². The first kappa shape index (κ1) is 8.11. The molecule has 78 valence electrons. The molecule has 2 aliphatic heterocycles. The van der Waals surface area contributed by atoms with Gasteiger partial charge in [0.15, 0.2) is 0 Å². The summed E-state index contributed by atoms with van der Waals surface area (Å²) in [4.78, 5) is 7.03. The molecule has 3 heteroatoms. The van der Waals surface area contributed by atoms with Gasteiger partial charge in [-0.1, -0.05) is 6.07 Å². The predicted octanol–water partition coefficient (Wildman–Crippen LogP) is 0.947. The van der Waals surface area contributed by atoms with Crippen molar-refractivity contribution in [2.45, 2.75) is 19.6 Å². The van der Waals surface area contributed by atoms with Crippen LogP contribution in [-0.2, 0) is 6.61 Å². The fourth-order valence-electron chi connectivity index (χ4n) is 3.29. The second-order valence-corrected chi connectivity index (χ2v) is 5.03. The van der Waals surface area contributed by atoms with E-state index in [2.05, 4.69) is 16.0 Å². The van der Waals surface area contributed by atoms with Gasteiger partial charge in [0.2, 0.25) is 0 Å². The minimum Gasteiger partial charge on any atom is -0.392 e. The van der Waals surface area contributed by atoms with E-state index in [0.29, 0.717) is 0 Å². The SMILES string of the molecule is Cc1nc(N2CC3C4C3C42)ccc1CO. The molecular weight excluding hydrogens is 188 g/mol. The van der Waals surface area contributed by atoms with E-state index in [9.17, 15) is 0 Å². The molecule has 0 aromatic carbocycles. The number of pyridine rings is 1. The molecule has 3 nitrogen and oxygen atoms in total. The van der Waals surface area contributed by atoms with Crippen molar-refractivity contribution in [3.63, 3.8) is 0 Å². The highest BCUT2D eigenvalue weighted by Gasteiger charge is 2.80. The smallest absolute Gasteiger partial charge is 0.129 e. The fraction of sp³-hybridized carbons (Fsp3) is 0.583. The number of aromatic nitrogens is 1. The first-order valence-corrected chi connectivity index (χ1v) is 5.65. The van der Waals surface area contributed by atoms with Gasteiger partial charge in [0, 0.05) is 18.3 Å². The van der Waals surface area contributed by atoms with Crippen molar-refractivity contribution in [2.24, 2.45) is 17.8 Å². The van der Waals surface area contributed by atoms with Gasteiger partial charge in [-0.2, -0.15) is 0 Å². The summed E-state index contributed by atoms with van der Waals surface area (Å²) in [5.41, 5.74) is 1.91. The van der Waals surface area contributed by atoms with Gasteiger partial charge in [0.05, 0.1) is 6.61 Å². The van der Waals surface area contributed by atoms with E-state index in [4.69, 9.17) is 5.11 Å². The largest absolute Gasteiger partial charge is 0.392 e. The molecule has 0 radical (unpaired) electrons. The third kappa shape index (κ3) is 0.875. The average molecular weight is 202 g/mol. The van der Waals surface area contributed by atoms with Crippen molar-refractivity contribution >= 4 is 5.82 Å². The Morgan fingerprint density at radius 1 is 1.47 bits per heavy atom. The highest BCUT2D eigenvalue weighted by atomic mass is 16.3. The molecule has 3 heterocycles. The fourth-order valence-corrected chi connectivity index (χ4v) is 3.29. The monoisotopic (exact) mass is 202 g/mol. The zero-order chi connectivity index (χ0) is 10.2. The molecule has 1 aromatic heterocycles. The van der Waals surface area contributed by atoms with Gasteiger partial charge in [-0.25, -0.2) is 4.98 Å². The molecule has 4 fully saturated rings. The Morgan fingerprint density at radius 2 is 2.27 bits per heavy atom. The molecule has 2 aliphatic carbocycles. The van der Waals surface area contributed by atoms with Gasteiger partial charge in [-0.3, -0.25) is 0 Å². The molecule has 2 unspecified atom stereocenters. The van der Waals surface area contributed by atoms with Crippen LogP contribution in [0.1, 0.15) is 11.3 Å². The number of rotatable bonds is 2.